The van der Waals surface area contributed by atoms with E-state index in [2.05, 4.69) is 16.1 Å². The van der Waals surface area contributed by atoms with Gasteiger partial charge in [0, 0.05) is 24.7 Å². The normalized spacial score (nSPS) is 16.7. The first-order valence-corrected chi connectivity index (χ1v) is 9.93. The van der Waals surface area contributed by atoms with Crippen LogP contribution in [0.25, 0.3) is 11.3 Å². The molecule has 0 unspecified atom stereocenters. The number of aromatic nitrogens is 2. The molecule has 0 spiro atoms. The molecule has 2 aliphatic heterocycles. The summed E-state index contributed by atoms with van der Waals surface area (Å²) in [4.78, 5) is 30.3. The van der Waals surface area contributed by atoms with E-state index in [-0.39, 0.29) is 18.4 Å². The summed E-state index contributed by atoms with van der Waals surface area (Å²) in [6.07, 6.45) is 5.37. The summed E-state index contributed by atoms with van der Waals surface area (Å²) >= 11 is 6.42. The SMILES string of the molecule is O=C(CN1C(=O)CSC1=S)Nc1ccccc1-c1cn2c(n1)CCCC2. The smallest absolute Gasteiger partial charge is 0.244 e. The molecule has 0 bridgehead atoms. The van der Waals surface area contributed by atoms with Gasteiger partial charge < -0.3 is 9.88 Å². The van der Waals surface area contributed by atoms with E-state index in [0.29, 0.717) is 15.8 Å². The predicted molar refractivity (Wildman–Crippen MR) is 106 cm³/mol. The van der Waals surface area contributed by atoms with E-state index in [1.54, 1.807) is 0 Å². The second kappa shape index (κ2) is 7.20. The number of carbonyl (C=O) groups excluding carboxylic acids is 2. The summed E-state index contributed by atoms with van der Waals surface area (Å²) in [5.74, 6) is 1.02. The fraction of sp³-hybridized carbons (Fsp3) is 0.333. The van der Waals surface area contributed by atoms with Gasteiger partial charge in [0.1, 0.15) is 16.7 Å². The monoisotopic (exact) mass is 386 g/mol. The van der Waals surface area contributed by atoms with Crippen molar-refractivity contribution >= 4 is 45.8 Å². The van der Waals surface area contributed by atoms with Gasteiger partial charge in [-0.15, -0.1) is 0 Å². The number of imidazole rings is 1. The second-order valence-corrected chi connectivity index (χ2v) is 7.93. The van der Waals surface area contributed by atoms with Gasteiger partial charge in [-0.1, -0.05) is 42.2 Å². The Morgan fingerprint density at radius 2 is 2.15 bits per heavy atom. The Balaban J connectivity index is 1.54. The van der Waals surface area contributed by atoms with Crippen LogP contribution < -0.4 is 5.32 Å². The Kier molecular flexibility index (Phi) is 4.78. The molecule has 2 aliphatic rings. The molecule has 0 saturated carbocycles. The van der Waals surface area contributed by atoms with E-state index in [4.69, 9.17) is 17.2 Å². The van der Waals surface area contributed by atoms with Crippen LogP contribution in [-0.2, 0) is 22.6 Å². The van der Waals surface area contributed by atoms with Crippen molar-refractivity contribution in [3.63, 3.8) is 0 Å². The van der Waals surface area contributed by atoms with Crippen molar-refractivity contribution in [2.75, 3.05) is 17.6 Å². The molecule has 3 heterocycles. The third-order valence-corrected chi connectivity index (χ3v) is 5.96. The molecule has 1 saturated heterocycles. The molecule has 1 aromatic carbocycles. The van der Waals surface area contributed by atoms with Gasteiger partial charge >= 0.3 is 0 Å². The predicted octanol–water partition coefficient (Wildman–Crippen LogP) is 2.69. The average molecular weight is 387 g/mol. The molecule has 1 N–H and O–H groups in total. The van der Waals surface area contributed by atoms with Crippen LogP contribution in [0.1, 0.15) is 18.7 Å². The summed E-state index contributed by atoms with van der Waals surface area (Å²) in [5, 5.41) is 2.91. The number of nitrogens with zero attached hydrogens (tertiary/aromatic N) is 3. The van der Waals surface area contributed by atoms with E-state index >= 15 is 0 Å². The molecular weight excluding hydrogens is 368 g/mol. The van der Waals surface area contributed by atoms with Gasteiger partial charge in [0.2, 0.25) is 11.8 Å². The number of nitrogens with one attached hydrogen (secondary N) is 1. The van der Waals surface area contributed by atoms with Crippen molar-refractivity contribution in [3.05, 3.63) is 36.3 Å². The summed E-state index contributed by atoms with van der Waals surface area (Å²) in [5.41, 5.74) is 2.44. The number of rotatable bonds is 4. The number of hydrogen-bond acceptors (Lipinski definition) is 5. The number of carbonyl (C=O) groups is 2. The fourth-order valence-corrected chi connectivity index (χ4v) is 4.29. The summed E-state index contributed by atoms with van der Waals surface area (Å²) in [6.45, 7) is 0.932. The van der Waals surface area contributed by atoms with Gasteiger partial charge in [0.15, 0.2) is 0 Å². The van der Waals surface area contributed by atoms with Crippen LogP contribution in [0.3, 0.4) is 0 Å². The molecule has 4 rings (SSSR count). The summed E-state index contributed by atoms with van der Waals surface area (Å²) in [7, 11) is 0. The topological polar surface area (TPSA) is 67.2 Å². The quantitative estimate of drug-likeness (QED) is 0.819. The van der Waals surface area contributed by atoms with Crippen LogP contribution in [-0.4, -0.2) is 42.9 Å². The van der Waals surface area contributed by atoms with Crippen LogP contribution >= 0.6 is 24.0 Å². The summed E-state index contributed by atoms with van der Waals surface area (Å²) < 4.78 is 2.65. The van der Waals surface area contributed by atoms with Crippen molar-refractivity contribution in [1.82, 2.24) is 14.5 Å². The van der Waals surface area contributed by atoms with Crippen molar-refractivity contribution in [3.8, 4) is 11.3 Å². The number of anilines is 1. The number of para-hydroxylation sites is 1. The number of thiocarbonyl (C=S) groups is 1. The maximum absolute atomic E-state index is 12.4. The number of benzene rings is 1. The lowest BCUT2D eigenvalue weighted by atomic mass is 10.1. The number of thioether (sulfide) groups is 1. The zero-order chi connectivity index (χ0) is 18.1. The van der Waals surface area contributed by atoms with E-state index in [1.165, 1.54) is 23.1 Å². The number of amides is 2. The van der Waals surface area contributed by atoms with Gasteiger partial charge in [-0.25, -0.2) is 4.98 Å². The Labute approximate surface area is 161 Å². The van der Waals surface area contributed by atoms with E-state index in [1.807, 2.05) is 24.3 Å². The van der Waals surface area contributed by atoms with Crippen LogP contribution in [0.4, 0.5) is 5.69 Å². The first-order valence-electron chi connectivity index (χ1n) is 8.54. The molecule has 134 valence electrons. The molecular formula is C18H18N4O2S2. The molecule has 2 aromatic rings. The standard InChI is InChI=1S/C18H18N4O2S2/c23-16(10-22-17(24)11-26-18(22)25)20-13-6-2-1-5-12(13)14-9-21-8-4-3-7-15(21)19-14/h1-2,5-6,9H,3-4,7-8,10-11H2,(H,20,23). The minimum absolute atomic E-state index is 0.0569. The number of fused-ring (bicyclic) bond motifs is 1. The van der Waals surface area contributed by atoms with Crippen molar-refractivity contribution in [2.24, 2.45) is 0 Å². The molecule has 2 amide bonds. The number of hydrogen-bond donors (Lipinski definition) is 1. The van der Waals surface area contributed by atoms with Crippen LogP contribution in [0, 0.1) is 0 Å². The minimum Gasteiger partial charge on any atom is -0.334 e. The van der Waals surface area contributed by atoms with Crippen LogP contribution in [0.5, 0.6) is 0 Å². The van der Waals surface area contributed by atoms with Crippen LogP contribution in [0.15, 0.2) is 30.5 Å². The lowest BCUT2D eigenvalue weighted by Gasteiger charge is -2.15. The maximum Gasteiger partial charge on any atom is 0.244 e. The highest BCUT2D eigenvalue weighted by molar-refractivity contribution is 8.23. The highest BCUT2D eigenvalue weighted by atomic mass is 32.2. The molecule has 0 aliphatic carbocycles. The zero-order valence-corrected chi connectivity index (χ0v) is 15.7. The van der Waals surface area contributed by atoms with Gasteiger partial charge in [-0.3, -0.25) is 14.5 Å². The maximum atomic E-state index is 12.4. The van der Waals surface area contributed by atoms with E-state index in [9.17, 15) is 9.59 Å². The van der Waals surface area contributed by atoms with Crippen LogP contribution in [0.2, 0.25) is 0 Å². The Morgan fingerprint density at radius 3 is 2.92 bits per heavy atom. The highest BCUT2D eigenvalue weighted by Gasteiger charge is 2.28. The second-order valence-electron chi connectivity index (χ2n) is 6.32. The minimum atomic E-state index is -0.264. The Morgan fingerprint density at radius 1 is 1.31 bits per heavy atom. The molecule has 26 heavy (non-hydrogen) atoms. The highest BCUT2D eigenvalue weighted by Crippen LogP contribution is 2.29. The van der Waals surface area contributed by atoms with Gasteiger partial charge in [0.05, 0.1) is 17.1 Å². The molecule has 1 fully saturated rings. The largest absolute Gasteiger partial charge is 0.334 e. The van der Waals surface area contributed by atoms with Gasteiger partial charge in [0.25, 0.3) is 0 Å². The molecule has 0 radical (unpaired) electrons. The van der Waals surface area contributed by atoms with Crippen molar-refractivity contribution in [1.29, 1.82) is 0 Å². The third kappa shape index (κ3) is 3.39. The van der Waals surface area contributed by atoms with Gasteiger partial charge in [-0.2, -0.15) is 0 Å². The van der Waals surface area contributed by atoms with E-state index in [0.717, 1.165) is 36.5 Å². The molecule has 1 aromatic heterocycles. The first-order chi connectivity index (χ1) is 12.6. The van der Waals surface area contributed by atoms with Gasteiger partial charge in [-0.05, 0) is 18.9 Å². The fourth-order valence-electron chi connectivity index (χ4n) is 3.23. The molecule has 6 nitrogen and oxygen atoms in total. The lowest BCUT2D eigenvalue weighted by molar-refractivity contribution is -0.127. The van der Waals surface area contributed by atoms with Crippen molar-refractivity contribution < 1.29 is 9.59 Å². The zero-order valence-electron chi connectivity index (χ0n) is 14.1. The summed E-state index contributed by atoms with van der Waals surface area (Å²) in [6, 6.07) is 7.60. The number of aryl methyl sites for hydroxylation is 2. The Hall–Kier alpha value is -2.19. The average Bonchev–Trinajstić information content (AvgIpc) is 3.20. The molecule has 0 atom stereocenters. The third-order valence-electron chi connectivity index (χ3n) is 4.53. The van der Waals surface area contributed by atoms with Crippen molar-refractivity contribution in [2.45, 2.75) is 25.8 Å². The lowest BCUT2D eigenvalue weighted by Crippen LogP contribution is -2.36. The Bertz CT molecular complexity index is 854. The first kappa shape index (κ1) is 17.2. The van der Waals surface area contributed by atoms with E-state index < -0.39 is 0 Å². The molecule has 8 heteroatoms.